The van der Waals surface area contributed by atoms with Crippen LogP contribution in [0.1, 0.15) is 19.3 Å². The Kier molecular flexibility index (Phi) is 3.65. The van der Waals surface area contributed by atoms with Crippen LogP contribution in [0.4, 0.5) is 10.6 Å². The molecule has 1 N–H and O–H groups in total. The zero-order chi connectivity index (χ0) is 15.0. The highest BCUT2D eigenvalue weighted by atomic mass is 35.5. The van der Waals surface area contributed by atoms with Gasteiger partial charge in [0.05, 0.1) is 0 Å². The van der Waals surface area contributed by atoms with Gasteiger partial charge in [-0.15, -0.1) is 10.2 Å². The fourth-order valence-corrected chi connectivity index (χ4v) is 3.48. The highest BCUT2D eigenvalue weighted by Gasteiger charge is 2.55. The summed E-state index contributed by atoms with van der Waals surface area (Å²) in [6, 6.07) is 3.62. The van der Waals surface area contributed by atoms with Gasteiger partial charge in [0.2, 0.25) is 0 Å². The minimum atomic E-state index is -0.796. The van der Waals surface area contributed by atoms with E-state index in [2.05, 4.69) is 15.1 Å². The van der Waals surface area contributed by atoms with E-state index in [1.807, 2.05) is 13.1 Å². The lowest BCUT2D eigenvalue weighted by Gasteiger charge is -2.31. The van der Waals surface area contributed by atoms with E-state index in [4.69, 9.17) is 16.7 Å². The molecule has 1 unspecified atom stereocenters. The van der Waals surface area contributed by atoms with E-state index in [1.165, 1.54) is 11.3 Å². The zero-order valence-corrected chi connectivity index (χ0v) is 12.8. The smallest absolute Gasteiger partial charge is 0.407 e. The highest BCUT2D eigenvalue weighted by Crippen LogP contribution is 2.59. The molecule has 1 saturated heterocycles. The van der Waals surface area contributed by atoms with Crippen molar-refractivity contribution in [3.63, 3.8) is 0 Å². The van der Waals surface area contributed by atoms with Crippen molar-refractivity contribution in [2.75, 3.05) is 31.6 Å². The Morgan fingerprint density at radius 1 is 1.48 bits per heavy atom. The van der Waals surface area contributed by atoms with Crippen LogP contribution in [-0.2, 0) is 0 Å². The molecule has 2 heterocycles. The lowest BCUT2D eigenvalue weighted by atomic mass is 9.91. The van der Waals surface area contributed by atoms with E-state index >= 15 is 0 Å². The summed E-state index contributed by atoms with van der Waals surface area (Å²) in [5.74, 6) is 1.44. The number of aromatic nitrogens is 2. The molecule has 0 radical (unpaired) electrons. The standard InChI is InChI=1S/C14H19ClN4O2/c1-18(12-3-2-11(15)16-17-12)9-10-8-14(10)4-6-19(7-5-14)13(20)21/h2-3,10H,4-9H2,1H3,(H,20,21). The fourth-order valence-electron chi connectivity index (χ4n) is 3.38. The fraction of sp³-hybridized carbons (Fsp3) is 0.643. The van der Waals surface area contributed by atoms with Crippen LogP contribution in [-0.4, -0.2) is 53.0 Å². The average molecular weight is 311 g/mol. The van der Waals surface area contributed by atoms with Gasteiger partial charge in [0.25, 0.3) is 0 Å². The van der Waals surface area contributed by atoms with Gasteiger partial charge in [-0.05, 0) is 42.7 Å². The van der Waals surface area contributed by atoms with Gasteiger partial charge in [-0.2, -0.15) is 0 Å². The Hall–Kier alpha value is -1.56. The molecule has 3 rings (SSSR count). The van der Waals surface area contributed by atoms with Crippen LogP contribution in [0, 0.1) is 11.3 Å². The third kappa shape index (κ3) is 2.90. The number of piperidine rings is 1. The Bertz CT molecular complexity index is 528. The molecule has 1 amide bonds. The van der Waals surface area contributed by atoms with Gasteiger partial charge in [-0.25, -0.2) is 4.79 Å². The largest absolute Gasteiger partial charge is 0.465 e. The van der Waals surface area contributed by atoms with E-state index in [0.717, 1.165) is 25.2 Å². The first-order chi connectivity index (χ1) is 10.00. The van der Waals surface area contributed by atoms with Crippen molar-refractivity contribution >= 4 is 23.5 Å². The van der Waals surface area contributed by atoms with Gasteiger partial charge < -0.3 is 14.9 Å². The van der Waals surface area contributed by atoms with E-state index in [-0.39, 0.29) is 0 Å². The van der Waals surface area contributed by atoms with Crippen LogP contribution in [0.5, 0.6) is 0 Å². The molecule has 1 aromatic heterocycles. The molecule has 2 fully saturated rings. The predicted molar refractivity (Wildman–Crippen MR) is 79.7 cm³/mol. The minimum Gasteiger partial charge on any atom is -0.465 e. The van der Waals surface area contributed by atoms with Crippen molar-refractivity contribution in [1.82, 2.24) is 15.1 Å². The summed E-state index contributed by atoms with van der Waals surface area (Å²) in [5.41, 5.74) is 0.347. The molecule has 2 aliphatic rings. The second-order valence-electron chi connectivity index (χ2n) is 6.13. The minimum absolute atomic E-state index is 0.347. The van der Waals surface area contributed by atoms with Crippen LogP contribution < -0.4 is 4.90 Å². The van der Waals surface area contributed by atoms with Crippen LogP contribution in [0.25, 0.3) is 0 Å². The normalized spacial score (nSPS) is 23.1. The first-order valence-electron chi connectivity index (χ1n) is 7.18. The Balaban J connectivity index is 1.54. The second kappa shape index (κ2) is 5.33. The monoisotopic (exact) mass is 310 g/mol. The second-order valence-corrected chi connectivity index (χ2v) is 6.52. The van der Waals surface area contributed by atoms with E-state index in [9.17, 15) is 4.79 Å². The summed E-state index contributed by atoms with van der Waals surface area (Å²) in [6.07, 6.45) is 2.34. The molecule has 1 saturated carbocycles. The molecule has 1 atom stereocenters. The van der Waals surface area contributed by atoms with Crippen molar-refractivity contribution in [1.29, 1.82) is 0 Å². The molecule has 6 nitrogen and oxygen atoms in total. The molecule has 1 spiro atoms. The maximum Gasteiger partial charge on any atom is 0.407 e. The molecule has 114 valence electrons. The molecule has 0 aromatic carbocycles. The number of nitrogens with zero attached hydrogens (tertiary/aromatic N) is 4. The number of carbonyl (C=O) groups is 1. The number of halogens is 1. The molecule has 1 aliphatic heterocycles. The first-order valence-corrected chi connectivity index (χ1v) is 7.56. The van der Waals surface area contributed by atoms with E-state index < -0.39 is 6.09 Å². The van der Waals surface area contributed by atoms with Gasteiger partial charge in [-0.3, -0.25) is 0 Å². The van der Waals surface area contributed by atoms with Crippen molar-refractivity contribution in [2.45, 2.75) is 19.3 Å². The summed E-state index contributed by atoms with van der Waals surface area (Å²) < 4.78 is 0. The molecular weight excluding hydrogens is 292 g/mol. The van der Waals surface area contributed by atoms with Crippen molar-refractivity contribution in [3.05, 3.63) is 17.3 Å². The number of hydrogen-bond acceptors (Lipinski definition) is 4. The summed E-state index contributed by atoms with van der Waals surface area (Å²) in [5, 5.41) is 17.4. The first kappa shape index (κ1) is 14.4. The van der Waals surface area contributed by atoms with Crippen LogP contribution >= 0.6 is 11.6 Å². The quantitative estimate of drug-likeness (QED) is 0.928. The molecule has 21 heavy (non-hydrogen) atoms. The Labute approximate surface area is 128 Å². The van der Waals surface area contributed by atoms with Gasteiger partial charge in [0.1, 0.15) is 0 Å². The SMILES string of the molecule is CN(CC1CC12CCN(C(=O)O)CC2)c1ccc(Cl)nn1. The van der Waals surface area contributed by atoms with Crippen LogP contribution in [0.2, 0.25) is 5.15 Å². The van der Waals surface area contributed by atoms with Crippen molar-refractivity contribution < 1.29 is 9.90 Å². The number of carboxylic acid groups (broad SMARTS) is 1. The molecular formula is C14H19ClN4O2. The molecule has 0 bridgehead atoms. The highest BCUT2D eigenvalue weighted by molar-refractivity contribution is 6.29. The summed E-state index contributed by atoms with van der Waals surface area (Å²) in [4.78, 5) is 14.6. The molecule has 7 heteroatoms. The van der Waals surface area contributed by atoms with Crippen molar-refractivity contribution in [2.24, 2.45) is 11.3 Å². The number of anilines is 1. The lowest BCUT2D eigenvalue weighted by Crippen LogP contribution is -2.39. The molecule has 1 aromatic rings. The molecule has 1 aliphatic carbocycles. The summed E-state index contributed by atoms with van der Waals surface area (Å²) >= 11 is 5.75. The number of hydrogen-bond donors (Lipinski definition) is 1. The van der Waals surface area contributed by atoms with Crippen LogP contribution in [0.15, 0.2) is 12.1 Å². The number of rotatable bonds is 3. The third-order valence-corrected chi connectivity index (χ3v) is 5.09. The van der Waals surface area contributed by atoms with Gasteiger partial charge in [-0.1, -0.05) is 11.6 Å². The number of likely N-dealkylation sites (tertiary alicyclic amines) is 1. The maximum atomic E-state index is 10.9. The van der Waals surface area contributed by atoms with E-state index in [1.54, 1.807) is 6.07 Å². The lowest BCUT2D eigenvalue weighted by molar-refractivity contribution is 0.117. The van der Waals surface area contributed by atoms with Crippen molar-refractivity contribution in [3.8, 4) is 0 Å². The van der Waals surface area contributed by atoms with Gasteiger partial charge >= 0.3 is 6.09 Å². The van der Waals surface area contributed by atoms with Gasteiger partial charge in [0, 0.05) is 26.7 Å². The summed E-state index contributed by atoms with van der Waals surface area (Å²) in [7, 11) is 2.01. The zero-order valence-electron chi connectivity index (χ0n) is 12.0. The topological polar surface area (TPSA) is 69.6 Å². The Morgan fingerprint density at radius 3 is 2.76 bits per heavy atom. The third-order valence-electron chi connectivity index (χ3n) is 4.89. The average Bonchev–Trinajstić information content (AvgIpc) is 3.11. The Morgan fingerprint density at radius 2 is 2.19 bits per heavy atom. The predicted octanol–water partition coefficient (Wildman–Crippen LogP) is 2.35. The number of amides is 1. The summed E-state index contributed by atoms with van der Waals surface area (Å²) in [6.45, 7) is 2.26. The van der Waals surface area contributed by atoms with Gasteiger partial charge in [0.15, 0.2) is 11.0 Å². The van der Waals surface area contributed by atoms with Crippen LogP contribution in [0.3, 0.4) is 0 Å². The maximum absolute atomic E-state index is 10.9. The van der Waals surface area contributed by atoms with E-state index in [0.29, 0.717) is 29.6 Å².